The molecule has 2 amide bonds. The van der Waals surface area contributed by atoms with Gasteiger partial charge < -0.3 is 20.6 Å². The Bertz CT molecular complexity index is 317. The Morgan fingerprint density at radius 2 is 1.86 bits per heavy atom. The summed E-state index contributed by atoms with van der Waals surface area (Å²) in [5.41, 5.74) is 0. The number of carbonyl (C=O) groups excluding carboxylic acids is 1. The van der Waals surface area contributed by atoms with Crippen molar-refractivity contribution in [1.29, 1.82) is 0 Å². The maximum atomic E-state index is 11.8. The molecule has 0 radical (unpaired) electrons. The Labute approximate surface area is 128 Å². The van der Waals surface area contributed by atoms with Crippen molar-refractivity contribution in [2.75, 3.05) is 32.7 Å². The molecule has 1 saturated heterocycles. The molecule has 1 saturated carbocycles. The van der Waals surface area contributed by atoms with Gasteiger partial charge in [-0.1, -0.05) is 13.3 Å². The van der Waals surface area contributed by atoms with Crippen LogP contribution in [0.5, 0.6) is 0 Å². The Hall–Kier alpha value is -0.810. The van der Waals surface area contributed by atoms with Crippen LogP contribution in [0.15, 0.2) is 0 Å². The molecule has 1 aliphatic heterocycles. The Balaban J connectivity index is 1.55. The van der Waals surface area contributed by atoms with Crippen molar-refractivity contribution in [3.8, 4) is 0 Å². The van der Waals surface area contributed by atoms with Gasteiger partial charge in [-0.05, 0) is 57.7 Å². The van der Waals surface area contributed by atoms with E-state index >= 15 is 0 Å². The Morgan fingerprint density at radius 1 is 1.14 bits per heavy atom. The van der Waals surface area contributed by atoms with Gasteiger partial charge in [-0.25, -0.2) is 4.79 Å². The molecule has 2 rings (SSSR count). The predicted molar refractivity (Wildman–Crippen MR) is 84.2 cm³/mol. The van der Waals surface area contributed by atoms with Crippen LogP contribution in [0.1, 0.15) is 45.4 Å². The fourth-order valence-electron chi connectivity index (χ4n) is 3.51. The molecule has 0 bridgehead atoms. The number of urea groups is 1. The topological polar surface area (TPSA) is 64.6 Å². The van der Waals surface area contributed by atoms with Crippen molar-refractivity contribution in [1.82, 2.24) is 15.5 Å². The molecule has 2 unspecified atom stereocenters. The van der Waals surface area contributed by atoms with E-state index in [0.29, 0.717) is 12.5 Å². The molecular formula is C16H31N3O2. The van der Waals surface area contributed by atoms with Gasteiger partial charge in [0.15, 0.2) is 0 Å². The highest BCUT2D eigenvalue weighted by Crippen LogP contribution is 2.24. The number of hydrogen-bond donors (Lipinski definition) is 3. The summed E-state index contributed by atoms with van der Waals surface area (Å²) in [6.07, 6.45) is 6.34. The predicted octanol–water partition coefficient (Wildman–Crippen LogP) is 1.57. The zero-order chi connectivity index (χ0) is 15.1. The van der Waals surface area contributed by atoms with Gasteiger partial charge in [0.1, 0.15) is 0 Å². The second kappa shape index (κ2) is 8.59. The van der Waals surface area contributed by atoms with Crippen molar-refractivity contribution < 1.29 is 9.90 Å². The van der Waals surface area contributed by atoms with E-state index in [2.05, 4.69) is 22.5 Å². The van der Waals surface area contributed by atoms with Gasteiger partial charge in [-0.15, -0.1) is 0 Å². The van der Waals surface area contributed by atoms with E-state index in [4.69, 9.17) is 0 Å². The van der Waals surface area contributed by atoms with E-state index < -0.39 is 0 Å². The number of hydrogen-bond acceptors (Lipinski definition) is 3. The lowest BCUT2D eigenvalue weighted by Crippen LogP contribution is -2.43. The number of piperidine rings is 1. The molecule has 122 valence electrons. The molecule has 0 aromatic rings. The molecule has 2 aliphatic rings. The number of nitrogens with zero attached hydrogens (tertiary/aromatic N) is 1. The highest BCUT2D eigenvalue weighted by atomic mass is 16.3. The SMILES string of the molecule is CCCN1CCC(CNC(=O)NCC2CCCC2O)CC1. The first-order valence-corrected chi connectivity index (χ1v) is 8.61. The number of amides is 2. The maximum Gasteiger partial charge on any atom is 0.314 e. The van der Waals surface area contributed by atoms with E-state index in [1.165, 1.54) is 25.8 Å². The first-order chi connectivity index (χ1) is 10.2. The standard InChI is InChI=1S/C16H31N3O2/c1-2-8-19-9-6-13(7-10-19)11-17-16(21)18-12-14-4-3-5-15(14)20/h13-15,20H,2-12H2,1H3,(H2,17,18,21). The first-order valence-electron chi connectivity index (χ1n) is 8.61. The van der Waals surface area contributed by atoms with Gasteiger partial charge in [0, 0.05) is 19.0 Å². The second-order valence-corrected chi connectivity index (χ2v) is 6.63. The second-order valence-electron chi connectivity index (χ2n) is 6.63. The van der Waals surface area contributed by atoms with Gasteiger partial charge >= 0.3 is 6.03 Å². The highest BCUT2D eigenvalue weighted by molar-refractivity contribution is 5.73. The zero-order valence-electron chi connectivity index (χ0n) is 13.3. The minimum atomic E-state index is -0.229. The molecule has 0 aromatic heterocycles. The van der Waals surface area contributed by atoms with Crippen LogP contribution in [-0.2, 0) is 0 Å². The molecule has 0 spiro atoms. The summed E-state index contributed by atoms with van der Waals surface area (Å²) >= 11 is 0. The minimum Gasteiger partial charge on any atom is -0.393 e. The van der Waals surface area contributed by atoms with Gasteiger partial charge in [0.2, 0.25) is 0 Å². The Morgan fingerprint density at radius 3 is 2.48 bits per heavy atom. The lowest BCUT2D eigenvalue weighted by atomic mass is 9.97. The van der Waals surface area contributed by atoms with E-state index in [9.17, 15) is 9.90 Å². The van der Waals surface area contributed by atoms with Crippen molar-refractivity contribution in [2.24, 2.45) is 11.8 Å². The fraction of sp³-hybridized carbons (Fsp3) is 0.938. The van der Waals surface area contributed by atoms with Crippen LogP contribution < -0.4 is 10.6 Å². The highest BCUT2D eigenvalue weighted by Gasteiger charge is 2.25. The third-order valence-electron chi connectivity index (χ3n) is 4.94. The van der Waals surface area contributed by atoms with E-state index in [1.807, 2.05) is 0 Å². The molecule has 3 N–H and O–H groups in total. The van der Waals surface area contributed by atoms with Crippen molar-refractivity contribution in [3.05, 3.63) is 0 Å². The van der Waals surface area contributed by atoms with Crippen molar-refractivity contribution in [3.63, 3.8) is 0 Å². The van der Waals surface area contributed by atoms with Crippen LogP contribution in [0.4, 0.5) is 4.79 Å². The van der Waals surface area contributed by atoms with Gasteiger partial charge in [0.05, 0.1) is 6.10 Å². The summed E-state index contributed by atoms with van der Waals surface area (Å²) in [6, 6.07) is -0.0786. The van der Waals surface area contributed by atoms with Crippen LogP contribution in [0.3, 0.4) is 0 Å². The number of aliphatic hydroxyl groups excluding tert-OH is 1. The number of carbonyl (C=O) groups is 1. The molecule has 2 fully saturated rings. The molecule has 2 atom stereocenters. The fourth-order valence-corrected chi connectivity index (χ4v) is 3.51. The summed E-state index contributed by atoms with van der Waals surface area (Å²) in [6.45, 7) is 7.12. The van der Waals surface area contributed by atoms with E-state index in [-0.39, 0.29) is 18.1 Å². The van der Waals surface area contributed by atoms with Gasteiger partial charge in [-0.3, -0.25) is 0 Å². The third kappa shape index (κ3) is 5.47. The average molecular weight is 297 g/mol. The summed E-state index contributed by atoms with van der Waals surface area (Å²) in [5.74, 6) is 0.856. The molecule has 0 aromatic carbocycles. The molecule has 5 nitrogen and oxygen atoms in total. The largest absolute Gasteiger partial charge is 0.393 e. The van der Waals surface area contributed by atoms with E-state index in [1.54, 1.807) is 0 Å². The van der Waals surface area contributed by atoms with Crippen molar-refractivity contribution >= 4 is 6.03 Å². The monoisotopic (exact) mass is 297 g/mol. The number of aliphatic hydroxyl groups is 1. The number of nitrogens with one attached hydrogen (secondary N) is 2. The summed E-state index contributed by atoms with van der Waals surface area (Å²) in [5, 5.41) is 15.6. The zero-order valence-corrected chi connectivity index (χ0v) is 13.3. The van der Waals surface area contributed by atoms with Crippen LogP contribution in [0, 0.1) is 11.8 Å². The Kier molecular flexibility index (Phi) is 6.77. The third-order valence-corrected chi connectivity index (χ3v) is 4.94. The number of likely N-dealkylation sites (tertiary alicyclic amines) is 1. The minimum absolute atomic E-state index is 0.0786. The van der Waals surface area contributed by atoms with Gasteiger partial charge in [-0.2, -0.15) is 0 Å². The summed E-state index contributed by atoms with van der Waals surface area (Å²) < 4.78 is 0. The normalized spacial score (nSPS) is 27.7. The smallest absolute Gasteiger partial charge is 0.314 e. The molecule has 1 aliphatic carbocycles. The maximum absolute atomic E-state index is 11.8. The van der Waals surface area contributed by atoms with Crippen LogP contribution >= 0.6 is 0 Å². The van der Waals surface area contributed by atoms with Crippen LogP contribution in [0.2, 0.25) is 0 Å². The summed E-state index contributed by atoms with van der Waals surface area (Å²) in [7, 11) is 0. The van der Waals surface area contributed by atoms with Crippen LogP contribution in [-0.4, -0.2) is 54.9 Å². The van der Waals surface area contributed by atoms with E-state index in [0.717, 1.165) is 38.9 Å². The molecule has 1 heterocycles. The van der Waals surface area contributed by atoms with Crippen molar-refractivity contribution in [2.45, 2.75) is 51.6 Å². The summed E-state index contributed by atoms with van der Waals surface area (Å²) in [4.78, 5) is 14.3. The quantitative estimate of drug-likeness (QED) is 0.697. The first kappa shape index (κ1) is 16.6. The van der Waals surface area contributed by atoms with Crippen LogP contribution in [0.25, 0.3) is 0 Å². The van der Waals surface area contributed by atoms with Gasteiger partial charge in [0.25, 0.3) is 0 Å². The molecular weight excluding hydrogens is 266 g/mol. The lowest BCUT2D eigenvalue weighted by Gasteiger charge is -2.31. The molecule has 21 heavy (non-hydrogen) atoms. The molecule has 5 heteroatoms. The number of rotatable bonds is 6. The lowest BCUT2D eigenvalue weighted by molar-refractivity contribution is 0.132. The average Bonchev–Trinajstić information content (AvgIpc) is 2.90.